The summed E-state index contributed by atoms with van der Waals surface area (Å²) in [6.45, 7) is 1.98. The smallest absolute Gasteiger partial charge is 0.119 e. The monoisotopic (exact) mass is 178 g/mol. The highest BCUT2D eigenvalue weighted by Crippen LogP contribution is 2.36. The molecule has 0 fully saturated rings. The normalized spacial score (nSPS) is 21.2. The van der Waals surface area contributed by atoms with Crippen LogP contribution in [0.5, 0.6) is 5.75 Å². The summed E-state index contributed by atoms with van der Waals surface area (Å²) in [7, 11) is 0. The zero-order valence-corrected chi connectivity index (χ0v) is 7.75. The molecule has 2 rings (SSSR count). The van der Waals surface area contributed by atoms with Crippen molar-refractivity contribution in [3.8, 4) is 5.75 Å². The molecular formula is C11H14O2. The van der Waals surface area contributed by atoms with Crippen LogP contribution in [-0.2, 0) is 6.42 Å². The Labute approximate surface area is 77.8 Å². The summed E-state index contributed by atoms with van der Waals surface area (Å²) in [6, 6.07) is 3.58. The quantitative estimate of drug-likeness (QED) is 0.638. The minimum Gasteiger partial charge on any atom is -0.508 e. The second kappa shape index (κ2) is 3.04. The van der Waals surface area contributed by atoms with Gasteiger partial charge in [-0.05, 0) is 48.9 Å². The van der Waals surface area contributed by atoms with Crippen LogP contribution in [0.3, 0.4) is 0 Å². The van der Waals surface area contributed by atoms with E-state index < -0.39 is 0 Å². The molecule has 13 heavy (non-hydrogen) atoms. The maximum Gasteiger partial charge on any atom is 0.119 e. The fraction of sp³-hybridized carbons (Fsp3) is 0.455. The van der Waals surface area contributed by atoms with Gasteiger partial charge in [0.05, 0.1) is 6.10 Å². The number of rotatable bonds is 0. The highest BCUT2D eigenvalue weighted by Gasteiger charge is 2.21. The standard InChI is InChI=1S/C11H14O2/c1-7-5-6-9(12)8-3-2-4-10(13)11(7)8/h5-6,10,12-13H,2-4H2,1H3. The number of phenolic OH excluding ortho intramolecular Hbond substituents is 1. The zero-order valence-electron chi connectivity index (χ0n) is 7.75. The predicted molar refractivity (Wildman–Crippen MR) is 50.7 cm³/mol. The summed E-state index contributed by atoms with van der Waals surface area (Å²) in [4.78, 5) is 0. The second-order valence-electron chi connectivity index (χ2n) is 3.70. The van der Waals surface area contributed by atoms with Crippen LogP contribution in [0.25, 0.3) is 0 Å². The van der Waals surface area contributed by atoms with Crippen LogP contribution in [0.15, 0.2) is 12.1 Å². The number of aliphatic hydroxyl groups is 1. The first-order valence-electron chi connectivity index (χ1n) is 4.69. The Balaban J connectivity index is 2.60. The Bertz CT molecular complexity index is 331. The first-order chi connectivity index (χ1) is 6.20. The Kier molecular flexibility index (Phi) is 2.00. The van der Waals surface area contributed by atoms with Gasteiger partial charge in [-0.2, -0.15) is 0 Å². The SMILES string of the molecule is Cc1ccc(O)c2c1C(O)CCC2. The summed E-state index contributed by atoms with van der Waals surface area (Å²) in [6.07, 6.45) is 2.29. The largest absolute Gasteiger partial charge is 0.508 e. The lowest BCUT2D eigenvalue weighted by atomic mass is 9.86. The van der Waals surface area contributed by atoms with Crippen molar-refractivity contribution in [3.63, 3.8) is 0 Å². The molecule has 0 heterocycles. The van der Waals surface area contributed by atoms with E-state index in [0.717, 1.165) is 36.0 Å². The van der Waals surface area contributed by atoms with Gasteiger partial charge in [0, 0.05) is 0 Å². The van der Waals surface area contributed by atoms with Gasteiger partial charge in [-0.15, -0.1) is 0 Å². The van der Waals surface area contributed by atoms with E-state index in [1.165, 1.54) is 0 Å². The van der Waals surface area contributed by atoms with Crippen molar-refractivity contribution in [1.82, 2.24) is 0 Å². The van der Waals surface area contributed by atoms with Gasteiger partial charge >= 0.3 is 0 Å². The van der Waals surface area contributed by atoms with E-state index >= 15 is 0 Å². The summed E-state index contributed by atoms with van der Waals surface area (Å²) in [5.74, 6) is 0.333. The van der Waals surface area contributed by atoms with E-state index in [4.69, 9.17) is 0 Å². The van der Waals surface area contributed by atoms with E-state index in [1.807, 2.05) is 13.0 Å². The Morgan fingerprint density at radius 1 is 1.38 bits per heavy atom. The number of phenols is 1. The molecule has 2 nitrogen and oxygen atoms in total. The topological polar surface area (TPSA) is 40.5 Å². The average molecular weight is 178 g/mol. The van der Waals surface area contributed by atoms with Crippen LogP contribution in [0.1, 0.15) is 35.6 Å². The van der Waals surface area contributed by atoms with Crippen molar-refractivity contribution in [1.29, 1.82) is 0 Å². The minimum atomic E-state index is -0.379. The van der Waals surface area contributed by atoms with Crippen LogP contribution >= 0.6 is 0 Å². The Morgan fingerprint density at radius 2 is 2.15 bits per heavy atom. The average Bonchev–Trinajstić information content (AvgIpc) is 2.12. The molecule has 0 bridgehead atoms. The van der Waals surface area contributed by atoms with Crippen LogP contribution < -0.4 is 0 Å². The Hall–Kier alpha value is -1.02. The first-order valence-corrected chi connectivity index (χ1v) is 4.69. The van der Waals surface area contributed by atoms with Gasteiger partial charge in [0.1, 0.15) is 5.75 Å². The number of fused-ring (bicyclic) bond motifs is 1. The van der Waals surface area contributed by atoms with Crippen molar-refractivity contribution in [3.05, 3.63) is 28.8 Å². The highest BCUT2D eigenvalue weighted by atomic mass is 16.3. The minimum absolute atomic E-state index is 0.333. The molecule has 70 valence electrons. The number of aryl methyl sites for hydroxylation is 1. The Morgan fingerprint density at radius 3 is 2.85 bits per heavy atom. The van der Waals surface area contributed by atoms with Gasteiger partial charge in [-0.25, -0.2) is 0 Å². The van der Waals surface area contributed by atoms with E-state index in [9.17, 15) is 10.2 Å². The number of aromatic hydroxyl groups is 1. The summed E-state index contributed by atoms with van der Waals surface area (Å²) >= 11 is 0. The fourth-order valence-electron chi connectivity index (χ4n) is 2.11. The van der Waals surface area contributed by atoms with Crippen molar-refractivity contribution < 1.29 is 10.2 Å². The van der Waals surface area contributed by atoms with Crippen LogP contribution in [-0.4, -0.2) is 10.2 Å². The van der Waals surface area contributed by atoms with E-state index in [-0.39, 0.29) is 6.10 Å². The molecule has 2 N–H and O–H groups in total. The molecular weight excluding hydrogens is 164 g/mol. The lowest BCUT2D eigenvalue weighted by Crippen LogP contribution is -2.11. The molecule has 0 aliphatic heterocycles. The molecule has 1 aliphatic rings. The molecule has 0 saturated carbocycles. The molecule has 0 aromatic heterocycles. The van der Waals surface area contributed by atoms with Gasteiger partial charge in [-0.1, -0.05) is 6.07 Å². The molecule has 0 amide bonds. The van der Waals surface area contributed by atoms with E-state index in [1.54, 1.807) is 6.07 Å². The van der Waals surface area contributed by atoms with Crippen molar-refractivity contribution in [2.75, 3.05) is 0 Å². The molecule has 1 unspecified atom stereocenters. The van der Waals surface area contributed by atoms with Crippen molar-refractivity contribution >= 4 is 0 Å². The second-order valence-corrected chi connectivity index (χ2v) is 3.70. The van der Waals surface area contributed by atoms with Crippen molar-refractivity contribution in [2.24, 2.45) is 0 Å². The number of aliphatic hydroxyl groups excluding tert-OH is 1. The van der Waals surface area contributed by atoms with Gasteiger partial charge in [0.2, 0.25) is 0 Å². The van der Waals surface area contributed by atoms with Crippen LogP contribution in [0.4, 0.5) is 0 Å². The first kappa shape index (κ1) is 8.57. The zero-order chi connectivity index (χ0) is 9.42. The molecule has 1 aromatic carbocycles. The molecule has 1 aromatic rings. The maximum atomic E-state index is 9.76. The van der Waals surface area contributed by atoms with Gasteiger partial charge in [-0.3, -0.25) is 0 Å². The molecule has 2 heteroatoms. The van der Waals surface area contributed by atoms with Gasteiger partial charge in [0.15, 0.2) is 0 Å². The summed E-state index contributed by atoms with van der Waals surface area (Å²) in [5, 5.41) is 19.3. The van der Waals surface area contributed by atoms with Crippen molar-refractivity contribution in [2.45, 2.75) is 32.3 Å². The molecule has 0 saturated heterocycles. The highest BCUT2D eigenvalue weighted by molar-refractivity contribution is 5.46. The third kappa shape index (κ3) is 1.31. The van der Waals surface area contributed by atoms with Gasteiger partial charge < -0.3 is 10.2 Å². The van der Waals surface area contributed by atoms with Crippen LogP contribution in [0.2, 0.25) is 0 Å². The third-order valence-electron chi connectivity index (χ3n) is 2.79. The van der Waals surface area contributed by atoms with Gasteiger partial charge in [0.25, 0.3) is 0 Å². The maximum absolute atomic E-state index is 9.76. The molecule has 1 aliphatic carbocycles. The number of hydrogen-bond donors (Lipinski definition) is 2. The molecule has 0 radical (unpaired) electrons. The fourth-order valence-corrected chi connectivity index (χ4v) is 2.11. The number of benzene rings is 1. The molecule has 1 atom stereocenters. The van der Waals surface area contributed by atoms with Crippen LogP contribution in [0, 0.1) is 6.92 Å². The molecule has 0 spiro atoms. The predicted octanol–water partition coefficient (Wildman–Crippen LogP) is 2.07. The summed E-state index contributed by atoms with van der Waals surface area (Å²) in [5.41, 5.74) is 2.98. The van der Waals surface area contributed by atoms with E-state index in [2.05, 4.69) is 0 Å². The number of hydrogen-bond acceptors (Lipinski definition) is 2. The summed E-state index contributed by atoms with van der Waals surface area (Å²) < 4.78 is 0. The lowest BCUT2D eigenvalue weighted by Gasteiger charge is -2.23. The van der Waals surface area contributed by atoms with E-state index in [0.29, 0.717) is 5.75 Å². The third-order valence-corrected chi connectivity index (χ3v) is 2.79. The lowest BCUT2D eigenvalue weighted by molar-refractivity contribution is 0.155.